The first-order chi connectivity index (χ1) is 21.7. The lowest BCUT2D eigenvalue weighted by atomic mass is 9.99. The monoisotopic (exact) mass is 638 g/mol. The second-order valence-electron chi connectivity index (χ2n) is 10.2. The van der Waals surface area contributed by atoms with E-state index in [1.165, 1.54) is 12.3 Å². The highest BCUT2D eigenvalue weighted by atomic mass is 35.5. The molecule has 0 spiro atoms. The van der Waals surface area contributed by atoms with Gasteiger partial charge in [-0.05, 0) is 62.6 Å². The Morgan fingerprint density at radius 2 is 1.89 bits per heavy atom. The topological polar surface area (TPSA) is 153 Å². The van der Waals surface area contributed by atoms with E-state index >= 15 is 0 Å². The fourth-order valence-corrected chi connectivity index (χ4v) is 6.28. The highest BCUT2D eigenvalue weighted by Gasteiger charge is 2.32. The summed E-state index contributed by atoms with van der Waals surface area (Å²) in [6, 6.07) is 13.1. The SMILES string of the molecule is Cc1sc2c(c1C)C(c1ccc(Cl)cc1)=N[C@@H](CC(=O)Nc1cc(NC(=O)c3ccc(C#CCN)o3)ccn1)c1nnc(C)n1-2. The van der Waals surface area contributed by atoms with Gasteiger partial charge in [-0.1, -0.05) is 29.7 Å². The Labute approximate surface area is 267 Å². The summed E-state index contributed by atoms with van der Waals surface area (Å²) in [5, 5.41) is 15.9. The van der Waals surface area contributed by atoms with Crippen LogP contribution in [0.2, 0.25) is 5.02 Å². The second-order valence-corrected chi connectivity index (χ2v) is 11.9. The Morgan fingerprint density at radius 1 is 1.09 bits per heavy atom. The molecule has 11 nitrogen and oxygen atoms in total. The molecule has 45 heavy (non-hydrogen) atoms. The summed E-state index contributed by atoms with van der Waals surface area (Å²) in [7, 11) is 0. The van der Waals surface area contributed by atoms with E-state index in [0.717, 1.165) is 32.3 Å². The molecule has 4 N–H and O–H groups in total. The number of carbonyl (C=O) groups is 2. The van der Waals surface area contributed by atoms with Crippen molar-refractivity contribution in [1.82, 2.24) is 19.7 Å². The van der Waals surface area contributed by atoms with Gasteiger partial charge in [0.2, 0.25) is 5.91 Å². The molecule has 0 aliphatic carbocycles. The van der Waals surface area contributed by atoms with Gasteiger partial charge in [-0.3, -0.25) is 19.1 Å². The van der Waals surface area contributed by atoms with Gasteiger partial charge < -0.3 is 20.8 Å². The first-order valence-corrected chi connectivity index (χ1v) is 15.1. The highest BCUT2D eigenvalue weighted by molar-refractivity contribution is 7.15. The van der Waals surface area contributed by atoms with Gasteiger partial charge in [-0.15, -0.1) is 21.5 Å². The number of pyridine rings is 1. The molecule has 13 heteroatoms. The number of nitrogens with one attached hydrogen (secondary N) is 2. The number of halogens is 1. The van der Waals surface area contributed by atoms with Crippen molar-refractivity contribution in [2.24, 2.45) is 10.7 Å². The lowest BCUT2D eigenvalue weighted by molar-refractivity contribution is -0.116. The van der Waals surface area contributed by atoms with Gasteiger partial charge in [0.15, 0.2) is 17.3 Å². The molecule has 226 valence electrons. The number of aliphatic imine (C=N–C) groups is 1. The average molecular weight is 639 g/mol. The Bertz CT molecular complexity index is 2030. The number of aromatic nitrogens is 4. The van der Waals surface area contributed by atoms with E-state index in [2.05, 4.69) is 51.5 Å². The maximum atomic E-state index is 13.5. The van der Waals surface area contributed by atoms with Crippen molar-refractivity contribution in [2.75, 3.05) is 17.2 Å². The third-order valence-electron chi connectivity index (χ3n) is 7.16. The summed E-state index contributed by atoms with van der Waals surface area (Å²) in [5.41, 5.74) is 9.52. The van der Waals surface area contributed by atoms with Gasteiger partial charge in [0.05, 0.1) is 18.7 Å². The molecular weight excluding hydrogens is 612 g/mol. The fourth-order valence-electron chi connectivity index (χ4n) is 4.94. The number of anilines is 2. The first-order valence-electron chi connectivity index (χ1n) is 13.9. The zero-order chi connectivity index (χ0) is 31.7. The van der Waals surface area contributed by atoms with Crippen molar-refractivity contribution in [2.45, 2.75) is 33.2 Å². The molecule has 4 aromatic heterocycles. The molecule has 1 atom stereocenters. The van der Waals surface area contributed by atoms with Crippen LogP contribution in [0.3, 0.4) is 0 Å². The van der Waals surface area contributed by atoms with Crippen molar-refractivity contribution in [3.8, 4) is 16.8 Å². The molecule has 0 bridgehead atoms. The van der Waals surface area contributed by atoms with Crippen molar-refractivity contribution in [1.29, 1.82) is 0 Å². The Hall–Kier alpha value is -5.09. The lowest BCUT2D eigenvalue weighted by Gasteiger charge is -2.13. The number of hydrogen-bond acceptors (Lipinski definition) is 9. The minimum Gasteiger partial charge on any atom is -0.443 e. The number of benzene rings is 1. The van der Waals surface area contributed by atoms with Crippen LogP contribution >= 0.6 is 22.9 Å². The third kappa shape index (κ3) is 6.14. The summed E-state index contributed by atoms with van der Waals surface area (Å²) in [6.45, 7) is 6.21. The predicted octanol–water partition coefficient (Wildman–Crippen LogP) is 5.38. The van der Waals surface area contributed by atoms with Crippen LogP contribution in [0.4, 0.5) is 11.5 Å². The number of aryl methyl sites for hydroxylation is 2. The Kier molecular flexibility index (Phi) is 8.32. The largest absolute Gasteiger partial charge is 0.443 e. The number of fused-ring (bicyclic) bond motifs is 3. The number of furan rings is 1. The molecule has 5 aromatic rings. The standard InChI is InChI=1S/C32H27ClN8O3S/c1-17-18(2)45-32-28(17)29(20-6-8-21(33)9-7-20)37-24(30-40-39-19(3)41(30)32)16-27(42)38-26-15-22(12-14-35-26)36-31(43)25-11-10-23(44-25)5-4-13-34/h6-12,14-15,24H,13,16,34H2,1-3H3,(H2,35,36,38,42,43)/t24-/m0/s1. The molecule has 5 heterocycles. The molecule has 1 aliphatic rings. The van der Waals surface area contributed by atoms with Crippen molar-refractivity contribution in [3.05, 3.63) is 104 Å². The lowest BCUT2D eigenvalue weighted by Crippen LogP contribution is -2.18. The Balaban J connectivity index is 1.26. The molecule has 2 amide bonds. The molecule has 1 aliphatic heterocycles. The van der Waals surface area contributed by atoms with Crippen LogP contribution in [-0.2, 0) is 4.79 Å². The van der Waals surface area contributed by atoms with Crippen LogP contribution in [0.15, 0.2) is 64.1 Å². The van der Waals surface area contributed by atoms with E-state index in [-0.39, 0.29) is 30.5 Å². The van der Waals surface area contributed by atoms with Crippen LogP contribution in [0.5, 0.6) is 0 Å². The van der Waals surface area contributed by atoms with Gasteiger partial charge in [0.25, 0.3) is 5.91 Å². The van der Waals surface area contributed by atoms with Crippen molar-refractivity contribution in [3.63, 3.8) is 0 Å². The molecule has 1 aromatic carbocycles. The summed E-state index contributed by atoms with van der Waals surface area (Å²) in [6.07, 6.45) is 1.45. The molecule has 0 saturated heterocycles. The number of nitrogens with two attached hydrogens (primary N) is 1. The number of thiophene rings is 1. The predicted molar refractivity (Wildman–Crippen MR) is 173 cm³/mol. The van der Waals surface area contributed by atoms with Crippen LogP contribution in [0.1, 0.15) is 62.0 Å². The van der Waals surface area contributed by atoms with Gasteiger partial charge >= 0.3 is 0 Å². The molecular formula is C32H27ClN8O3S. The molecule has 0 fully saturated rings. The normalized spacial score (nSPS) is 13.5. The van der Waals surface area contributed by atoms with Gasteiger partial charge in [-0.2, -0.15) is 0 Å². The average Bonchev–Trinajstić information content (AvgIpc) is 3.70. The minimum absolute atomic E-state index is 0.0283. The summed E-state index contributed by atoms with van der Waals surface area (Å²) >= 11 is 7.84. The molecule has 6 rings (SSSR count). The van der Waals surface area contributed by atoms with Crippen LogP contribution in [0.25, 0.3) is 5.00 Å². The number of amides is 2. The molecule has 0 unspecified atom stereocenters. The number of nitrogens with zero attached hydrogens (tertiary/aromatic N) is 5. The second kappa shape index (κ2) is 12.5. The zero-order valence-corrected chi connectivity index (χ0v) is 26.1. The summed E-state index contributed by atoms with van der Waals surface area (Å²) < 4.78 is 7.45. The fraction of sp³-hybridized carbons (Fsp3) is 0.188. The van der Waals surface area contributed by atoms with Crippen LogP contribution < -0.4 is 16.4 Å². The van der Waals surface area contributed by atoms with E-state index in [4.69, 9.17) is 26.7 Å². The minimum atomic E-state index is -0.644. The zero-order valence-electron chi connectivity index (χ0n) is 24.5. The van der Waals surface area contributed by atoms with Gasteiger partial charge in [-0.25, -0.2) is 4.98 Å². The highest BCUT2D eigenvalue weighted by Crippen LogP contribution is 2.39. The van der Waals surface area contributed by atoms with E-state index in [9.17, 15) is 9.59 Å². The van der Waals surface area contributed by atoms with Crippen molar-refractivity contribution < 1.29 is 14.0 Å². The van der Waals surface area contributed by atoms with Crippen LogP contribution in [-0.4, -0.2) is 43.8 Å². The van der Waals surface area contributed by atoms with E-state index < -0.39 is 11.9 Å². The Morgan fingerprint density at radius 3 is 2.67 bits per heavy atom. The van der Waals surface area contributed by atoms with E-state index in [1.807, 2.05) is 35.8 Å². The maximum Gasteiger partial charge on any atom is 0.291 e. The number of hydrogen-bond donors (Lipinski definition) is 3. The maximum absolute atomic E-state index is 13.5. The first kappa shape index (κ1) is 30.0. The quantitative estimate of drug-likeness (QED) is 0.211. The smallest absolute Gasteiger partial charge is 0.291 e. The molecule has 0 radical (unpaired) electrons. The molecule has 0 saturated carbocycles. The van der Waals surface area contributed by atoms with Gasteiger partial charge in [0.1, 0.15) is 22.7 Å². The van der Waals surface area contributed by atoms with E-state index in [0.29, 0.717) is 28.1 Å². The number of rotatable bonds is 6. The van der Waals surface area contributed by atoms with E-state index in [1.54, 1.807) is 29.5 Å². The van der Waals surface area contributed by atoms with Crippen molar-refractivity contribution >= 4 is 52.0 Å². The van der Waals surface area contributed by atoms with Crippen LogP contribution in [0, 0.1) is 32.6 Å². The van der Waals surface area contributed by atoms with Gasteiger partial charge in [0, 0.05) is 39.0 Å². The third-order valence-corrected chi connectivity index (χ3v) is 8.61. The summed E-state index contributed by atoms with van der Waals surface area (Å²) in [4.78, 5) is 36.7. The number of carbonyl (C=O) groups excluding carboxylic acids is 2. The summed E-state index contributed by atoms with van der Waals surface area (Å²) in [5.74, 6) is 6.54.